The second kappa shape index (κ2) is 7.58. The van der Waals surface area contributed by atoms with Gasteiger partial charge in [-0.15, -0.1) is 0 Å². The monoisotopic (exact) mass is 367 g/mol. The molecule has 0 aliphatic carbocycles. The molecule has 25 heavy (non-hydrogen) atoms. The van der Waals surface area contributed by atoms with Gasteiger partial charge in [-0.1, -0.05) is 13.8 Å². The largest absolute Gasteiger partial charge is 0.506 e. The summed E-state index contributed by atoms with van der Waals surface area (Å²) in [5.74, 6) is -1.83. The molecule has 0 aliphatic rings. The number of hydrogen-bond acceptors (Lipinski definition) is 5. The summed E-state index contributed by atoms with van der Waals surface area (Å²) in [6.45, 7) is 4.00. The van der Waals surface area contributed by atoms with Crippen molar-refractivity contribution in [2.45, 2.75) is 18.7 Å². The molecule has 0 aliphatic heterocycles. The van der Waals surface area contributed by atoms with Crippen molar-refractivity contribution in [1.29, 1.82) is 0 Å². The Morgan fingerprint density at radius 2 is 1.92 bits per heavy atom. The number of aromatic nitrogens is 1. The third-order valence-electron chi connectivity index (χ3n) is 3.55. The van der Waals surface area contributed by atoms with Gasteiger partial charge in [-0.2, -0.15) is 8.70 Å². The summed E-state index contributed by atoms with van der Waals surface area (Å²) in [4.78, 5) is 15.4. The van der Waals surface area contributed by atoms with Crippen LogP contribution in [0.5, 0.6) is 5.75 Å². The molecule has 1 amide bonds. The van der Waals surface area contributed by atoms with E-state index in [1.54, 1.807) is 13.8 Å². The summed E-state index contributed by atoms with van der Waals surface area (Å²) < 4.78 is 39.4. The highest BCUT2D eigenvalue weighted by molar-refractivity contribution is 7.89. The first-order valence-electron chi connectivity index (χ1n) is 7.55. The lowest BCUT2D eigenvalue weighted by atomic mass is 10.2. The van der Waals surface area contributed by atoms with Gasteiger partial charge < -0.3 is 10.4 Å². The van der Waals surface area contributed by atoms with Gasteiger partial charge in [0.25, 0.3) is 5.91 Å². The van der Waals surface area contributed by atoms with Gasteiger partial charge in [-0.3, -0.25) is 4.79 Å². The molecule has 0 spiro atoms. The number of phenolic OH excluding ortho intramolecular Hbond substituents is 1. The molecule has 2 N–H and O–H groups in total. The molecule has 134 valence electrons. The summed E-state index contributed by atoms with van der Waals surface area (Å²) in [7, 11) is -3.75. The summed E-state index contributed by atoms with van der Waals surface area (Å²) in [5, 5.41) is 12.3. The number of phenols is 1. The van der Waals surface area contributed by atoms with Gasteiger partial charge in [-0.05, 0) is 24.3 Å². The second-order valence-electron chi connectivity index (χ2n) is 5.09. The van der Waals surface area contributed by atoms with Crippen LogP contribution < -0.4 is 5.32 Å². The average Bonchev–Trinajstić information content (AvgIpc) is 2.57. The molecule has 2 aromatic rings. The van der Waals surface area contributed by atoms with Crippen LogP contribution in [0.1, 0.15) is 24.2 Å². The first-order chi connectivity index (χ1) is 11.8. The number of nitrogens with one attached hydrogen (secondary N) is 1. The van der Waals surface area contributed by atoms with Crippen molar-refractivity contribution >= 4 is 21.6 Å². The zero-order valence-corrected chi connectivity index (χ0v) is 14.5. The number of rotatable bonds is 6. The molecule has 2 rings (SSSR count). The molecule has 0 saturated heterocycles. The minimum atomic E-state index is -3.75. The summed E-state index contributed by atoms with van der Waals surface area (Å²) in [6, 6.07) is 5.83. The number of carbonyl (C=O) groups excluding carboxylic acids is 1. The Balaban J connectivity index is 2.35. The van der Waals surface area contributed by atoms with Gasteiger partial charge in [-0.25, -0.2) is 13.4 Å². The third-order valence-corrected chi connectivity index (χ3v) is 5.59. The van der Waals surface area contributed by atoms with E-state index in [1.807, 2.05) is 0 Å². The summed E-state index contributed by atoms with van der Waals surface area (Å²) in [6.07, 6.45) is 1.13. The number of amides is 1. The number of sulfonamides is 1. The van der Waals surface area contributed by atoms with E-state index in [4.69, 9.17) is 0 Å². The number of anilines is 1. The Labute approximate surface area is 145 Å². The van der Waals surface area contributed by atoms with Crippen molar-refractivity contribution in [2.75, 3.05) is 18.4 Å². The lowest BCUT2D eigenvalue weighted by Gasteiger charge is -2.19. The zero-order chi connectivity index (χ0) is 18.6. The maximum absolute atomic E-state index is 13.1. The van der Waals surface area contributed by atoms with E-state index in [1.165, 1.54) is 28.6 Å². The number of nitrogens with zero attached hydrogens (tertiary/aromatic N) is 2. The number of carbonyl (C=O) groups is 1. The van der Waals surface area contributed by atoms with Crippen LogP contribution in [0.3, 0.4) is 0 Å². The number of benzene rings is 1. The molecule has 0 saturated carbocycles. The van der Waals surface area contributed by atoms with Crippen LogP contribution in [0, 0.1) is 5.95 Å². The Morgan fingerprint density at radius 1 is 1.24 bits per heavy atom. The fraction of sp³-hybridized carbons (Fsp3) is 0.250. The van der Waals surface area contributed by atoms with Crippen molar-refractivity contribution < 1.29 is 22.7 Å². The highest BCUT2D eigenvalue weighted by atomic mass is 32.2. The lowest BCUT2D eigenvalue weighted by Crippen LogP contribution is -2.30. The molecule has 0 bridgehead atoms. The average molecular weight is 367 g/mol. The van der Waals surface area contributed by atoms with Crippen molar-refractivity contribution in [1.82, 2.24) is 9.29 Å². The van der Waals surface area contributed by atoms with E-state index in [0.717, 1.165) is 12.3 Å². The van der Waals surface area contributed by atoms with Crippen LogP contribution in [0.2, 0.25) is 0 Å². The van der Waals surface area contributed by atoms with Crippen LogP contribution in [-0.4, -0.2) is 41.8 Å². The second-order valence-corrected chi connectivity index (χ2v) is 7.03. The van der Waals surface area contributed by atoms with E-state index >= 15 is 0 Å². The molecule has 1 aromatic heterocycles. The fourth-order valence-electron chi connectivity index (χ4n) is 2.23. The van der Waals surface area contributed by atoms with E-state index in [9.17, 15) is 22.7 Å². The topological polar surface area (TPSA) is 99.6 Å². The van der Waals surface area contributed by atoms with Crippen LogP contribution >= 0.6 is 0 Å². The quantitative estimate of drug-likeness (QED) is 0.602. The van der Waals surface area contributed by atoms with Crippen molar-refractivity contribution in [2.24, 2.45) is 0 Å². The van der Waals surface area contributed by atoms with Crippen LogP contribution in [0.25, 0.3) is 0 Å². The normalized spacial score (nSPS) is 11.5. The van der Waals surface area contributed by atoms with Crippen molar-refractivity contribution in [3.63, 3.8) is 0 Å². The SMILES string of the molecule is CCN(CC)S(=O)(=O)c1ccc(O)c(NC(=O)c2ccnc(F)c2)c1. The minimum absolute atomic E-state index is 0.0103. The number of pyridine rings is 1. The van der Waals surface area contributed by atoms with E-state index in [0.29, 0.717) is 0 Å². The summed E-state index contributed by atoms with van der Waals surface area (Å²) >= 11 is 0. The van der Waals surface area contributed by atoms with Gasteiger partial charge in [0, 0.05) is 30.9 Å². The lowest BCUT2D eigenvalue weighted by molar-refractivity contribution is 0.102. The van der Waals surface area contributed by atoms with Gasteiger partial charge in [0.1, 0.15) is 5.75 Å². The molecule has 0 unspecified atom stereocenters. The first-order valence-corrected chi connectivity index (χ1v) is 8.99. The molecular formula is C16H18FN3O4S. The fourth-order valence-corrected chi connectivity index (χ4v) is 3.71. The third kappa shape index (κ3) is 4.12. The maximum atomic E-state index is 13.1. The molecule has 7 nitrogen and oxygen atoms in total. The molecular weight excluding hydrogens is 349 g/mol. The summed E-state index contributed by atoms with van der Waals surface area (Å²) in [5.41, 5.74) is -0.0978. The zero-order valence-electron chi connectivity index (χ0n) is 13.7. The molecule has 1 heterocycles. The maximum Gasteiger partial charge on any atom is 0.255 e. The van der Waals surface area contributed by atoms with Gasteiger partial charge >= 0.3 is 0 Å². The predicted molar refractivity (Wildman–Crippen MR) is 90.4 cm³/mol. The van der Waals surface area contributed by atoms with Crippen LogP contribution in [0.4, 0.5) is 10.1 Å². The van der Waals surface area contributed by atoms with E-state index < -0.39 is 21.9 Å². The molecule has 9 heteroatoms. The van der Waals surface area contributed by atoms with Crippen LogP contribution in [0.15, 0.2) is 41.4 Å². The smallest absolute Gasteiger partial charge is 0.255 e. The number of hydrogen-bond donors (Lipinski definition) is 2. The molecule has 0 fully saturated rings. The highest BCUT2D eigenvalue weighted by Gasteiger charge is 2.23. The molecule has 0 atom stereocenters. The Kier molecular flexibility index (Phi) is 5.70. The van der Waals surface area contributed by atoms with Crippen LogP contribution in [-0.2, 0) is 10.0 Å². The minimum Gasteiger partial charge on any atom is -0.506 e. The Hall–Kier alpha value is -2.52. The van der Waals surface area contributed by atoms with Gasteiger partial charge in [0.05, 0.1) is 10.6 Å². The van der Waals surface area contributed by atoms with Gasteiger partial charge in [0.15, 0.2) is 0 Å². The number of aromatic hydroxyl groups is 1. The first kappa shape index (κ1) is 18.8. The Morgan fingerprint density at radius 3 is 2.52 bits per heavy atom. The number of halogens is 1. The van der Waals surface area contributed by atoms with E-state index in [2.05, 4.69) is 10.3 Å². The molecule has 1 aromatic carbocycles. The highest BCUT2D eigenvalue weighted by Crippen LogP contribution is 2.28. The van der Waals surface area contributed by atoms with Gasteiger partial charge in [0.2, 0.25) is 16.0 Å². The van der Waals surface area contributed by atoms with E-state index in [-0.39, 0.29) is 35.0 Å². The standard InChI is InChI=1S/C16H18FN3O4S/c1-3-20(4-2)25(23,24)12-5-6-14(21)13(10-12)19-16(22)11-7-8-18-15(17)9-11/h5-10,21H,3-4H2,1-2H3,(H,19,22). The Bertz CT molecular complexity index is 883. The predicted octanol–water partition coefficient (Wildman–Crippen LogP) is 2.21. The molecule has 0 radical (unpaired) electrons. The van der Waals surface area contributed by atoms with Crippen molar-refractivity contribution in [3.05, 3.63) is 48.0 Å². The van der Waals surface area contributed by atoms with Crippen molar-refractivity contribution in [3.8, 4) is 5.75 Å².